The highest BCUT2D eigenvalue weighted by molar-refractivity contribution is 5.93. The first-order valence-electron chi connectivity index (χ1n) is 9.87. The number of halogens is 2. The second-order valence-electron chi connectivity index (χ2n) is 7.97. The lowest BCUT2D eigenvalue weighted by atomic mass is 9.68. The molecule has 3 nitrogen and oxygen atoms in total. The third kappa shape index (κ3) is 4.81. The number of nitrogens with one attached hydrogen (secondary N) is 1. The molecular formula is C21H29F2NO2. The molecule has 26 heavy (non-hydrogen) atoms. The minimum Gasteiger partial charge on any atom is -0.392 e. The van der Waals surface area contributed by atoms with Gasteiger partial charge in [0.05, 0.1) is 6.61 Å². The predicted octanol–water partition coefficient (Wildman–Crippen LogP) is 5.14. The Bertz CT molecular complexity index is 612. The number of aliphatic hydroxyl groups excluding tert-OH is 1. The first-order chi connectivity index (χ1) is 12.5. The highest BCUT2D eigenvalue weighted by Crippen LogP contribution is 2.46. The van der Waals surface area contributed by atoms with Gasteiger partial charge in [0.15, 0.2) is 0 Å². The van der Waals surface area contributed by atoms with Crippen LogP contribution in [-0.4, -0.2) is 16.9 Å². The van der Waals surface area contributed by atoms with Crippen LogP contribution >= 0.6 is 0 Å². The van der Waals surface area contributed by atoms with Crippen LogP contribution in [0.5, 0.6) is 0 Å². The average Bonchev–Trinajstić information content (AvgIpc) is 2.90. The van der Waals surface area contributed by atoms with E-state index in [4.69, 9.17) is 0 Å². The van der Waals surface area contributed by atoms with Crippen molar-refractivity contribution in [1.82, 2.24) is 0 Å². The van der Waals surface area contributed by atoms with E-state index in [1.807, 2.05) is 0 Å². The number of hydrogen-bond acceptors (Lipinski definition) is 2. The van der Waals surface area contributed by atoms with E-state index in [0.717, 1.165) is 25.7 Å². The normalized spacial score (nSPS) is 26.9. The van der Waals surface area contributed by atoms with Crippen LogP contribution in [0.4, 0.5) is 14.5 Å². The molecule has 0 heterocycles. The third-order valence-electron chi connectivity index (χ3n) is 6.10. The zero-order chi connectivity index (χ0) is 18.6. The number of aliphatic hydroxyl groups is 1. The lowest BCUT2D eigenvalue weighted by molar-refractivity contribution is -0.134. The van der Waals surface area contributed by atoms with Crippen molar-refractivity contribution in [3.8, 4) is 0 Å². The Morgan fingerprint density at radius 1 is 1.15 bits per heavy atom. The first-order valence-corrected chi connectivity index (χ1v) is 9.87. The Morgan fingerprint density at radius 3 is 2.58 bits per heavy atom. The molecule has 2 N–H and O–H groups in total. The number of hydrogen-bond donors (Lipinski definition) is 2. The first kappa shape index (κ1) is 19.3. The summed E-state index contributed by atoms with van der Waals surface area (Å²) in [6, 6.07) is 6.94. The van der Waals surface area contributed by atoms with Crippen LogP contribution in [0, 0.1) is 17.8 Å². The van der Waals surface area contributed by atoms with E-state index in [1.165, 1.54) is 12.8 Å². The van der Waals surface area contributed by atoms with Crippen molar-refractivity contribution in [2.75, 3.05) is 5.32 Å². The van der Waals surface area contributed by atoms with E-state index in [2.05, 4.69) is 5.32 Å². The summed E-state index contributed by atoms with van der Waals surface area (Å²) >= 11 is 0. The van der Waals surface area contributed by atoms with Gasteiger partial charge in [-0.15, -0.1) is 0 Å². The summed E-state index contributed by atoms with van der Waals surface area (Å²) < 4.78 is 28.2. The number of benzene rings is 1. The summed E-state index contributed by atoms with van der Waals surface area (Å²) in [5.41, 5.74) is 1.26. The number of alkyl halides is 2. The Labute approximate surface area is 154 Å². The minimum atomic E-state index is -2.75. The van der Waals surface area contributed by atoms with Crippen molar-refractivity contribution in [3.63, 3.8) is 0 Å². The largest absolute Gasteiger partial charge is 0.392 e. The predicted molar refractivity (Wildman–Crippen MR) is 98.0 cm³/mol. The number of carbonyl (C=O) groups excluding carboxylic acids is 1. The molecule has 5 heteroatoms. The molecule has 2 fully saturated rings. The molecule has 1 aromatic rings. The Kier molecular flexibility index (Phi) is 6.28. The van der Waals surface area contributed by atoms with Gasteiger partial charge < -0.3 is 10.4 Å². The van der Waals surface area contributed by atoms with Gasteiger partial charge in [0.2, 0.25) is 11.8 Å². The lowest BCUT2D eigenvalue weighted by Crippen LogP contribution is -2.42. The quantitative estimate of drug-likeness (QED) is 0.726. The molecule has 0 aromatic heterocycles. The summed E-state index contributed by atoms with van der Waals surface area (Å²) in [5, 5.41) is 12.1. The zero-order valence-corrected chi connectivity index (χ0v) is 15.2. The van der Waals surface area contributed by atoms with Crippen LogP contribution in [0.3, 0.4) is 0 Å². The summed E-state index contributed by atoms with van der Waals surface area (Å²) in [7, 11) is 0. The van der Waals surface area contributed by atoms with Crippen LogP contribution in [0.1, 0.15) is 63.4 Å². The third-order valence-corrected chi connectivity index (χ3v) is 6.10. The van der Waals surface area contributed by atoms with Gasteiger partial charge >= 0.3 is 0 Å². The molecule has 3 rings (SSSR count). The van der Waals surface area contributed by atoms with Gasteiger partial charge in [-0.25, -0.2) is 8.78 Å². The topological polar surface area (TPSA) is 49.3 Å². The average molecular weight is 365 g/mol. The van der Waals surface area contributed by atoms with E-state index in [-0.39, 0.29) is 31.3 Å². The summed E-state index contributed by atoms with van der Waals surface area (Å²) in [4.78, 5) is 12.9. The SMILES string of the molecule is O=C(Nc1cccc(CO)c1)[C@@H]1CC(F)(F)CCC1C1CCCCCC1. The fourth-order valence-corrected chi connectivity index (χ4v) is 4.73. The number of carbonyl (C=O) groups is 1. The molecule has 1 amide bonds. The summed E-state index contributed by atoms with van der Waals surface area (Å²) in [6.45, 7) is -0.115. The van der Waals surface area contributed by atoms with E-state index in [1.54, 1.807) is 24.3 Å². The standard InChI is InChI=1S/C21H29F2NO2/c22-21(23)11-10-18(16-7-3-1-2-4-8-16)19(13-21)20(26)24-17-9-5-6-15(12-17)14-25/h5-6,9,12,16,18-19,25H,1-4,7-8,10-11,13-14H2,(H,24,26)/t18?,19-/m1/s1. The maximum atomic E-state index is 14.1. The van der Waals surface area contributed by atoms with Gasteiger partial charge in [-0.2, -0.15) is 0 Å². The van der Waals surface area contributed by atoms with Crippen LogP contribution in [-0.2, 0) is 11.4 Å². The molecule has 0 bridgehead atoms. The van der Waals surface area contributed by atoms with Gasteiger partial charge in [-0.1, -0.05) is 50.7 Å². The van der Waals surface area contributed by atoms with Crippen molar-refractivity contribution in [3.05, 3.63) is 29.8 Å². The minimum absolute atomic E-state index is 0.0498. The van der Waals surface area contributed by atoms with Crippen LogP contribution < -0.4 is 5.32 Å². The van der Waals surface area contributed by atoms with Crippen molar-refractivity contribution in [2.45, 2.75) is 70.3 Å². The second kappa shape index (κ2) is 8.47. The lowest BCUT2D eigenvalue weighted by Gasteiger charge is -2.39. The Balaban J connectivity index is 1.75. The molecule has 0 aliphatic heterocycles. The maximum Gasteiger partial charge on any atom is 0.248 e. The van der Waals surface area contributed by atoms with E-state index in [9.17, 15) is 18.7 Å². The molecule has 0 saturated heterocycles. The smallest absolute Gasteiger partial charge is 0.248 e. The molecule has 0 spiro atoms. The highest BCUT2D eigenvalue weighted by atomic mass is 19.3. The molecular weight excluding hydrogens is 336 g/mol. The molecule has 144 valence electrons. The van der Waals surface area contributed by atoms with E-state index in [0.29, 0.717) is 23.6 Å². The van der Waals surface area contributed by atoms with Crippen molar-refractivity contribution >= 4 is 11.6 Å². The van der Waals surface area contributed by atoms with E-state index >= 15 is 0 Å². The zero-order valence-electron chi connectivity index (χ0n) is 15.2. The highest BCUT2D eigenvalue weighted by Gasteiger charge is 2.46. The monoisotopic (exact) mass is 365 g/mol. The van der Waals surface area contributed by atoms with Gasteiger partial charge in [-0.3, -0.25) is 4.79 Å². The van der Waals surface area contributed by atoms with Gasteiger partial charge in [0, 0.05) is 24.4 Å². The molecule has 0 radical (unpaired) electrons. The van der Waals surface area contributed by atoms with Gasteiger partial charge in [0.25, 0.3) is 0 Å². The molecule has 2 aliphatic rings. The fourth-order valence-electron chi connectivity index (χ4n) is 4.73. The van der Waals surface area contributed by atoms with Gasteiger partial charge in [0.1, 0.15) is 0 Å². The Morgan fingerprint density at radius 2 is 1.88 bits per heavy atom. The molecule has 1 unspecified atom stereocenters. The van der Waals surface area contributed by atoms with Crippen molar-refractivity contribution < 1.29 is 18.7 Å². The molecule has 1 aromatic carbocycles. The number of anilines is 1. The number of rotatable bonds is 4. The summed E-state index contributed by atoms with van der Waals surface area (Å²) in [6.07, 6.45) is 6.81. The molecule has 2 saturated carbocycles. The van der Waals surface area contributed by atoms with Crippen LogP contribution in [0.15, 0.2) is 24.3 Å². The molecule has 2 aliphatic carbocycles. The van der Waals surface area contributed by atoms with Crippen molar-refractivity contribution in [1.29, 1.82) is 0 Å². The van der Waals surface area contributed by atoms with Gasteiger partial charge in [-0.05, 0) is 36.0 Å². The van der Waals surface area contributed by atoms with E-state index < -0.39 is 11.8 Å². The molecule has 2 atom stereocenters. The fraction of sp³-hybridized carbons (Fsp3) is 0.667. The number of amides is 1. The maximum absolute atomic E-state index is 14.1. The summed E-state index contributed by atoms with van der Waals surface area (Å²) in [5.74, 6) is -3.26. The second-order valence-corrected chi connectivity index (χ2v) is 7.97. The Hall–Kier alpha value is -1.49. The van der Waals surface area contributed by atoms with Crippen LogP contribution in [0.25, 0.3) is 0 Å². The van der Waals surface area contributed by atoms with Crippen molar-refractivity contribution in [2.24, 2.45) is 17.8 Å². The van der Waals surface area contributed by atoms with Crippen LogP contribution in [0.2, 0.25) is 0 Å².